The minimum atomic E-state index is 0.483. The summed E-state index contributed by atoms with van der Waals surface area (Å²) in [6, 6.07) is 4.37. The summed E-state index contributed by atoms with van der Waals surface area (Å²) in [4.78, 5) is 4.42. The number of nitrogens with two attached hydrogens (primary N) is 1. The molecular formula is C17H24ClN3O2. The van der Waals surface area contributed by atoms with Gasteiger partial charge in [0.1, 0.15) is 13.2 Å². The largest absolute Gasteiger partial charge is 0.486 e. The van der Waals surface area contributed by atoms with E-state index >= 15 is 0 Å². The first-order chi connectivity index (χ1) is 11.2. The molecule has 1 aliphatic heterocycles. The quantitative estimate of drug-likeness (QED) is 0.654. The second kappa shape index (κ2) is 7.77. The van der Waals surface area contributed by atoms with Crippen molar-refractivity contribution in [1.82, 2.24) is 5.32 Å². The Kier molecular flexibility index (Phi) is 5.49. The maximum atomic E-state index is 6.24. The normalized spacial score (nSPS) is 18.7. The molecular weight excluding hydrogens is 314 g/mol. The first kappa shape index (κ1) is 16.2. The van der Waals surface area contributed by atoms with Crippen LogP contribution in [0.3, 0.4) is 0 Å². The van der Waals surface area contributed by atoms with Crippen molar-refractivity contribution in [3.05, 3.63) is 22.7 Å². The van der Waals surface area contributed by atoms with Gasteiger partial charge in [-0.1, -0.05) is 30.9 Å². The first-order valence-corrected chi connectivity index (χ1v) is 8.74. The Morgan fingerprint density at radius 2 is 2.00 bits per heavy atom. The fraction of sp³-hybridized carbons (Fsp3) is 0.588. The van der Waals surface area contributed by atoms with Gasteiger partial charge in [-0.15, -0.1) is 0 Å². The van der Waals surface area contributed by atoms with E-state index in [0.29, 0.717) is 42.5 Å². The van der Waals surface area contributed by atoms with Gasteiger partial charge in [-0.3, -0.25) is 4.99 Å². The van der Waals surface area contributed by atoms with Crippen molar-refractivity contribution in [3.8, 4) is 11.5 Å². The third-order valence-electron chi connectivity index (χ3n) is 4.30. The molecule has 1 aromatic carbocycles. The van der Waals surface area contributed by atoms with E-state index in [2.05, 4.69) is 10.3 Å². The van der Waals surface area contributed by atoms with Crippen molar-refractivity contribution in [1.29, 1.82) is 0 Å². The smallest absolute Gasteiger partial charge is 0.188 e. The first-order valence-electron chi connectivity index (χ1n) is 8.37. The highest BCUT2D eigenvalue weighted by Crippen LogP contribution is 2.38. The topological polar surface area (TPSA) is 68.9 Å². The van der Waals surface area contributed by atoms with Crippen LogP contribution in [0, 0.1) is 0 Å². The van der Waals surface area contributed by atoms with Gasteiger partial charge in [-0.25, -0.2) is 0 Å². The third-order valence-corrected chi connectivity index (χ3v) is 4.58. The van der Waals surface area contributed by atoms with E-state index in [1.54, 1.807) is 0 Å². The molecule has 5 nitrogen and oxygen atoms in total. The number of guanidine groups is 1. The number of hydrogen-bond acceptors (Lipinski definition) is 3. The van der Waals surface area contributed by atoms with E-state index in [1.807, 2.05) is 12.1 Å². The van der Waals surface area contributed by atoms with Crippen molar-refractivity contribution >= 4 is 17.6 Å². The van der Waals surface area contributed by atoms with Crippen LogP contribution in [0.2, 0.25) is 5.02 Å². The monoisotopic (exact) mass is 337 g/mol. The van der Waals surface area contributed by atoms with Crippen LogP contribution in [0.4, 0.5) is 0 Å². The summed E-state index contributed by atoms with van der Waals surface area (Å²) in [7, 11) is 0. The minimum Gasteiger partial charge on any atom is -0.486 e. The molecule has 0 radical (unpaired) electrons. The summed E-state index contributed by atoms with van der Waals surface area (Å²) < 4.78 is 11.1. The number of fused-ring (bicyclic) bond motifs is 1. The molecule has 3 rings (SSSR count). The molecule has 126 valence electrons. The molecule has 0 bridgehead atoms. The maximum absolute atomic E-state index is 6.24. The van der Waals surface area contributed by atoms with E-state index in [9.17, 15) is 0 Å². The third kappa shape index (κ3) is 4.44. The van der Waals surface area contributed by atoms with Gasteiger partial charge in [0.15, 0.2) is 17.5 Å². The van der Waals surface area contributed by atoms with Crippen LogP contribution in [-0.2, 0) is 6.42 Å². The van der Waals surface area contributed by atoms with E-state index in [0.717, 1.165) is 17.7 Å². The molecule has 0 spiro atoms. The number of aliphatic imine (C=N–C) groups is 1. The van der Waals surface area contributed by atoms with Crippen LogP contribution < -0.4 is 20.5 Å². The molecule has 0 saturated heterocycles. The van der Waals surface area contributed by atoms with Crippen LogP contribution in [-0.4, -0.2) is 31.8 Å². The fourth-order valence-electron chi connectivity index (χ4n) is 3.12. The summed E-state index contributed by atoms with van der Waals surface area (Å²) in [5.74, 6) is 1.90. The highest BCUT2D eigenvalue weighted by molar-refractivity contribution is 6.32. The van der Waals surface area contributed by atoms with Gasteiger partial charge in [0.2, 0.25) is 0 Å². The Morgan fingerprint density at radius 3 is 2.83 bits per heavy atom. The summed E-state index contributed by atoms with van der Waals surface area (Å²) in [6.45, 7) is 1.73. The zero-order valence-corrected chi connectivity index (χ0v) is 14.1. The molecule has 0 atom stereocenters. The molecule has 0 unspecified atom stereocenters. The Hall–Kier alpha value is -1.62. The van der Waals surface area contributed by atoms with Crippen LogP contribution in [0.5, 0.6) is 11.5 Å². The SMILES string of the molecule is NC(=NCCc1cc(Cl)c2c(c1)OCCO2)NC1CCCCC1. The lowest BCUT2D eigenvalue weighted by Gasteiger charge is -2.23. The minimum absolute atomic E-state index is 0.483. The second-order valence-electron chi connectivity index (χ2n) is 6.10. The molecule has 23 heavy (non-hydrogen) atoms. The van der Waals surface area contributed by atoms with E-state index in [1.165, 1.54) is 32.1 Å². The molecule has 0 aromatic heterocycles. The van der Waals surface area contributed by atoms with Crippen molar-refractivity contribution in [3.63, 3.8) is 0 Å². The zero-order valence-electron chi connectivity index (χ0n) is 13.3. The number of ether oxygens (including phenoxy) is 2. The van der Waals surface area contributed by atoms with Crippen LogP contribution >= 0.6 is 11.6 Å². The zero-order chi connectivity index (χ0) is 16.1. The van der Waals surface area contributed by atoms with Gasteiger partial charge in [0.05, 0.1) is 5.02 Å². The van der Waals surface area contributed by atoms with Crippen LogP contribution in [0.1, 0.15) is 37.7 Å². The van der Waals surface area contributed by atoms with Gasteiger partial charge in [-0.2, -0.15) is 0 Å². The molecule has 1 aromatic rings. The number of benzene rings is 1. The number of nitrogens with zero attached hydrogens (tertiary/aromatic N) is 1. The van der Waals surface area contributed by atoms with Gasteiger partial charge in [0, 0.05) is 12.6 Å². The average molecular weight is 338 g/mol. The molecule has 1 heterocycles. The lowest BCUT2D eigenvalue weighted by Crippen LogP contribution is -2.41. The summed E-state index contributed by atoms with van der Waals surface area (Å²) in [6.07, 6.45) is 7.03. The highest BCUT2D eigenvalue weighted by Gasteiger charge is 2.16. The number of nitrogens with one attached hydrogen (secondary N) is 1. The van der Waals surface area contributed by atoms with E-state index in [4.69, 9.17) is 26.8 Å². The van der Waals surface area contributed by atoms with E-state index in [-0.39, 0.29) is 0 Å². The molecule has 3 N–H and O–H groups in total. The predicted molar refractivity (Wildman–Crippen MR) is 92.6 cm³/mol. The Balaban J connectivity index is 1.53. The Labute approximate surface area is 142 Å². The van der Waals surface area contributed by atoms with Crippen molar-refractivity contribution in [2.75, 3.05) is 19.8 Å². The average Bonchev–Trinajstić information content (AvgIpc) is 2.56. The van der Waals surface area contributed by atoms with Crippen LogP contribution in [0.25, 0.3) is 0 Å². The van der Waals surface area contributed by atoms with Crippen molar-refractivity contribution in [2.24, 2.45) is 10.7 Å². The molecule has 1 saturated carbocycles. The second-order valence-corrected chi connectivity index (χ2v) is 6.51. The fourth-order valence-corrected chi connectivity index (χ4v) is 3.40. The number of hydrogen-bond donors (Lipinski definition) is 2. The molecule has 6 heteroatoms. The van der Waals surface area contributed by atoms with Crippen LogP contribution in [0.15, 0.2) is 17.1 Å². The number of rotatable bonds is 4. The Bertz CT molecular complexity index is 571. The summed E-state index contributed by atoms with van der Waals surface area (Å²) >= 11 is 6.24. The summed E-state index contributed by atoms with van der Waals surface area (Å²) in [5, 5.41) is 3.92. The number of halogens is 1. The predicted octanol–water partition coefficient (Wildman–Crippen LogP) is 2.89. The van der Waals surface area contributed by atoms with Crippen molar-refractivity contribution in [2.45, 2.75) is 44.6 Å². The molecule has 1 fully saturated rings. The maximum Gasteiger partial charge on any atom is 0.188 e. The molecule has 2 aliphatic rings. The summed E-state index contributed by atoms with van der Waals surface area (Å²) in [5.41, 5.74) is 7.05. The standard InChI is InChI=1S/C17H24ClN3O2/c18-14-10-12(11-15-16(14)23-9-8-22-15)6-7-20-17(19)21-13-4-2-1-3-5-13/h10-11,13H,1-9H2,(H3,19,20,21). The van der Waals surface area contributed by atoms with Gasteiger partial charge in [0.25, 0.3) is 0 Å². The molecule has 1 aliphatic carbocycles. The van der Waals surface area contributed by atoms with E-state index < -0.39 is 0 Å². The highest BCUT2D eigenvalue weighted by atomic mass is 35.5. The van der Waals surface area contributed by atoms with Gasteiger partial charge < -0.3 is 20.5 Å². The Morgan fingerprint density at radius 1 is 1.22 bits per heavy atom. The lowest BCUT2D eigenvalue weighted by atomic mass is 9.96. The van der Waals surface area contributed by atoms with Gasteiger partial charge >= 0.3 is 0 Å². The molecule has 0 amide bonds. The van der Waals surface area contributed by atoms with Crippen molar-refractivity contribution < 1.29 is 9.47 Å². The lowest BCUT2D eigenvalue weighted by molar-refractivity contribution is 0.171. The van der Waals surface area contributed by atoms with Gasteiger partial charge in [-0.05, 0) is 37.0 Å².